The number of para-hydroxylation sites is 1. The summed E-state index contributed by atoms with van der Waals surface area (Å²) < 4.78 is 28.3. The standard InChI is InChI=1S/C18H15ClF2N2O2/c19-13-8-12(9-14(20)10-13)11-22-16(24)18(21)6-7-23(17(18)25)15-4-2-1-3-5-15/h1-5,8-10H,6-7,11H2,(H,22,24). The minimum atomic E-state index is -2.63. The molecule has 0 aliphatic carbocycles. The third-order valence-electron chi connectivity index (χ3n) is 4.07. The maximum Gasteiger partial charge on any atom is 0.274 e. The van der Waals surface area contributed by atoms with E-state index in [1.807, 2.05) is 0 Å². The van der Waals surface area contributed by atoms with Gasteiger partial charge in [-0.15, -0.1) is 0 Å². The molecular weight excluding hydrogens is 350 g/mol. The lowest BCUT2D eigenvalue weighted by Gasteiger charge is -2.20. The summed E-state index contributed by atoms with van der Waals surface area (Å²) in [6.45, 7) is -0.0147. The molecule has 4 nitrogen and oxygen atoms in total. The van der Waals surface area contributed by atoms with Crippen LogP contribution >= 0.6 is 11.6 Å². The van der Waals surface area contributed by atoms with E-state index in [0.717, 1.165) is 6.07 Å². The Balaban J connectivity index is 1.70. The van der Waals surface area contributed by atoms with Crippen LogP contribution in [-0.2, 0) is 16.1 Å². The zero-order chi connectivity index (χ0) is 18.0. The first-order valence-corrected chi connectivity index (χ1v) is 8.07. The van der Waals surface area contributed by atoms with Crippen LogP contribution in [0.2, 0.25) is 5.02 Å². The quantitative estimate of drug-likeness (QED) is 0.847. The van der Waals surface area contributed by atoms with Gasteiger partial charge in [-0.25, -0.2) is 8.78 Å². The van der Waals surface area contributed by atoms with Crippen LogP contribution in [0.4, 0.5) is 14.5 Å². The summed E-state index contributed by atoms with van der Waals surface area (Å²) in [4.78, 5) is 25.9. The topological polar surface area (TPSA) is 49.4 Å². The van der Waals surface area contributed by atoms with E-state index in [4.69, 9.17) is 11.6 Å². The van der Waals surface area contributed by atoms with Gasteiger partial charge in [-0.1, -0.05) is 29.8 Å². The van der Waals surface area contributed by atoms with Crippen molar-refractivity contribution in [2.75, 3.05) is 11.4 Å². The SMILES string of the molecule is O=C(NCc1cc(F)cc(Cl)c1)C1(F)CCN(c2ccccc2)C1=O. The smallest absolute Gasteiger partial charge is 0.274 e. The van der Waals surface area contributed by atoms with Crippen molar-refractivity contribution in [3.63, 3.8) is 0 Å². The number of amides is 2. The van der Waals surface area contributed by atoms with Crippen LogP contribution in [-0.4, -0.2) is 24.0 Å². The highest BCUT2D eigenvalue weighted by Gasteiger charge is 2.53. The fourth-order valence-electron chi connectivity index (χ4n) is 2.79. The van der Waals surface area contributed by atoms with Crippen LogP contribution in [0.3, 0.4) is 0 Å². The first kappa shape index (κ1) is 17.4. The molecule has 0 bridgehead atoms. The average molecular weight is 365 g/mol. The molecule has 2 aromatic carbocycles. The van der Waals surface area contributed by atoms with E-state index in [2.05, 4.69) is 5.32 Å². The Morgan fingerprint density at radius 2 is 1.96 bits per heavy atom. The van der Waals surface area contributed by atoms with Crippen molar-refractivity contribution in [2.45, 2.75) is 18.6 Å². The molecule has 130 valence electrons. The van der Waals surface area contributed by atoms with Gasteiger partial charge in [0, 0.05) is 30.2 Å². The van der Waals surface area contributed by atoms with E-state index in [1.165, 1.54) is 17.0 Å². The highest BCUT2D eigenvalue weighted by Crippen LogP contribution is 2.31. The van der Waals surface area contributed by atoms with Gasteiger partial charge >= 0.3 is 0 Å². The normalized spacial score (nSPS) is 20.0. The highest BCUT2D eigenvalue weighted by atomic mass is 35.5. The second kappa shape index (κ2) is 6.80. The zero-order valence-corrected chi connectivity index (χ0v) is 13.9. The monoisotopic (exact) mass is 364 g/mol. The van der Waals surface area contributed by atoms with E-state index in [9.17, 15) is 18.4 Å². The Bertz CT molecular complexity index is 796. The second-order valence-electron chi connectivity index (χ2n) is 5.80. The van der Waals surface area contributed by atoms with E-state index >= 15 is 0 Å². The molecule has 2 aromatic rings. The summed E-state index contributed by atoms with van der Waals surface area (Å²) in [5.41, 5.74) is -1.71. The Morgan fingerprint density at radius 3 is 2.64 bits per heavy atom. The van der Waals surface area contributed by atoms with Gasteiger partial charge in [0.15, 0.2) is 0 Å². The Kier molecular flexibility index (Phi) is 4.72. The lowest BCUT2D eigenvalue weighted by molar-refractivity contribution is -0.142. The van der Waals surface area contributed by atoms with Gasteiger partial charge in [-0.3, -0.25) is 9.59 Å². The number of carbonyl (C=O) groups is 2. The van der Waals surface area contributed by atoms with Crippen LogP contribution in [0.1, 0.15) is 12.0 Å². The molecule has 1 N–H and O–H groups in total. The molecule has 1 unspecified atom stereocenters. The molecule has 1 aliphatic heterocycles. The molecule has 1 atom stereocenters. The van der Waals surface area contributed by atoms with E-state index < -0.39 is 23.3 Å². The van der Waals surface area contributed by atoms with Gasteiger partial charge in [-0.2, -0.15) is 0 Å². The lowest BCUT2D eigenvalue weighted by Crippen LogP contribution is -2.49. The molecule has 0 radical (unpaired) electrons. The number of alkyl halides is 1. The van der Waals surface area contributed by atoms with Gasteiger partial charge in [0.1, 0.15) is 5.82 Å². The van der Waals surface area contributed by atoms with Gasteiger partial charge < -0.3 is 10.2 Å². The number of hydrogen-bond donors (Lipinski definition) is 1. The van der Waals surface area contributed by atoms with E-state index in [-0.39, 0.29) is 24.5 Å². The number of halogens is 3. The van der Waals surface area contributed by atoms with Crippen molar-refractivity contribution in [3.05, 3.63) is 64.9 Å². The molecule has 1 aliphatic rings. The molecule has 7 heteroatoms. The maximum atomic E-state index is 15.0. The number of carbonyl (C=O) groups excluding carboxylic acids is 2. The Morgan fingerprint density at radius 1 is 1.24 bits per heavy atom. The number of benzene rings is 2. The van der Waals surface area contributed by atoms with Crippen LogP contribution in [0.25, 0.3) is 0 Å². The molecule has 2 amide bonds. The molecule has 3 rings (SSSR count). The third-order valence-corrected chi connectivity index (χ3v) is 4.29. The highest BCUT2D eigenvalue weighted by molar-refractivity contribution is 6.30. The van der Waals surface area contributed by atoms with Crippen molar-refractivity contribution >= 4 is 29.1 Å². The Hall–Kier alpha value is -2.47. The summed E-state index contributed by atoms with van der Waals surface area (Å²) in [5, 5.41) is 2.52. The number of nitrogens with one attached hydrogen (secondary N) is 1. The lowest BCUT2D eigenvalue weighted by atomic mass is 10.0. The van der Waals surface area contributed by atoms with Crippen molar-refractivity contribution in [1.29, 1.82) is 0 Å². The summed E-state index contributed by atoms with van der Waals surface area (Å²) in [6.07, 6.45) is -0.240. The van der Waals surface area contributed by atoms with Crippen LogP contribution in [0, 0.1) is 5.82 Å². The molecular formula is C18H15ClF2N2O2. The summed E-state index contributed by atoms with van der Waals surface area (Å²) in [6, 6.07) is 12.4. The minimum absolute atomic E-state index is 0.110. The predicted molar refractivity (Wildman–Crippen MR) is 90.5 cm³/mol. The zero-order valence-electron chi connectivity index (χ0n) is 13.1. The van der Waals surface area contributed by atoms with Crippen LogP contribution < -0.4 is 10.2 Å². The number of hydrogen-bond acceptors (Lipinski definition) is 2. The first-order chi connectivity index (χ1) is 11.9. The molecule has 0 spiro atoms. The molecule has 25 heavy (non-hydrogen) atoms. The van der Waals surface area contributed by atoms with E-state index in [0.29, 0.717) is 11.3 Å². The van der Waals surface area contributed by atoms with Gasteiger partial charge in [0.25, 0.3) is 17.5 Å². The van der Waals surface area contributed by atoms with Gasteiger partial charge in [0.2, 0.25) is 0 Å². The minimum Gasteiger partial charge on any atom is -0.349 e. The van der Waals surface area contributed by atoms with Crippen molar-refractivity contribution in [3.8, 4) is 0 Å². The van der Waals surface area contributed by atoms with Crippen LogP contribution in [0.5, 0.6) is 0 Å². The second-order valence-corrected chi connectivity index (χ2v) is 6.24. The number of rotatable bonds is 4. The molecule has 0 saturated carbocycles. The van der Waals surface area contributed by atoms with Gasteiger partial charge in [0.05, 0.1) is 0 Å². The molecule has 0 aromatic heterocycles. The number of nitrogens with zero attached hydrogens (tertiary/aromatic N) is 1. The Labute approximate surface area is 148 Å². The predicted octanol–water partition coefficient (Wildman–Crippen LogP) is 3.24. The van der Waals surface area contributed by atoms with Crippen LogP contribution in [0.15, 0.2) is 48.5 Å². The van der Waals surface area contributed by atoms with Crippen molar-refractivity contribution in [1.82, 2.24) is 5.32 Å². The summed E-state index contributed by atoms with van der Waals surface area (Å²) in [5.74, 6) is -2.48. The fourth-order valence-corrected chi connectivity index (χ4v) is 3.03. The summed E-state index contributed by atoms with van der Waals surface area (Å²) in [7, 11) is 0. The largest absolute Gasteiger partial charge is 0.349 e. The fraction of sp³-hybridized carbons (Fsp3) is 0.222. The first-order valence-electron chi connectivity index (χ1n) is 7.69. The van der Waals surface area contributed by atoms with Gasteiger partial charge in [-0.05, 0) is 35.9 Å². The van der Waals surface area contributed by atoms with Crippen molar-refractivity contribution < 1.29 is 18.4 Å². The maximum absolute atomic E-state index is 15.0. The third kappa shape index (κ3) is 3.49. The molecule has 1 saturated heterocycles. The van der Waals surface area contributed by atoms with E-state index in [1.54, 1.807) is 30.3 Å². The molecule has 1 fully saturated rings. The number of anilines is 1. The molecule has 1 heterocycles. The van der Waals surface area contributed by atoms with Crippen molar-refractivity contribution in [2.24, 2.45) is 0 Å². The average Bonchev–Trinajstić information content (AvgIpc) is 2.89. The summed E-state index contributed by atoms with van der Waals surface area (Å²) >= 11 is 5.74.